The highest BCUT2D eigenvalue weighted by Crippen LogP contribution is 2.30. The van der Waals surface area contributed by atoms with Gasteiger partial charge in [0.2, 0.25) is 0 Å². The van der Waals surface area contributed by atoms with Crippen LogP contribution in [0.1, 0.15) is 66.2 Å². The molecule has 3 heterocycles. The third kappa shape index (κ3) is 4.35. The minimum atomic E-state index is -0.119. The maximum atomic E-state index is 13.5. The van der Waals surface area contributed by atoms with E-state index in [1.807, 2.05) is 17.8 Å². The smallest absolute Gasteiger partial charge is 0.255 e. The number of pyridine rings is 1. The molecule has 3 aromatic rings. The lowest BCUT2D eigenvalue weighted by Gasteiger charge is -2.26. The largest absolute Gasteiger partial charge is 0.381 e. The van der Waals surface area contributed by atoms with Crippen molar-refractivity contribution in [2.45, 2.75) is 65.6 Å². The molecule has 1 amide bonds. The van der Waals surface area contributed by atoms with Gasteiger partial charge in [-0.05, 0) is 56.7 Å². The molecule has 1 atom stereocenters. The van der Waals surface area contributed by atoms with Gasteiger partial charge in [0.05, 0.1) is 28.9 Å². The molecule has 0 aliphatic carbocycles. The lowest BCUT2D eigenvalue weighted by atomic mass is 9.95. The molecule has 7 nitrogen and oxygen atoms in total. The molecule has 32 heavy (non-hydrogen) atoms. The van der Waals surface area contributed by atoms with Gasteiger partial charge in [-0.1, -0.05) is 25.1 Å². The lowest BCUT2D eigenvalue weighted by Crippen LogP contribution is -2.32. The topological polar surface area (TPSA) is 81.1 Å². The predicted octanol–water partition coefficient (Wildman–Crippen LogP) is 4.54. The number of aromatic nitrogens is 3. The molecule has 0 spiro atoms. The molecule has 1 fully saturated rings. The number of aryl methyl sites for hydroxylation is 2. The van der Waals surface area contributed by atoms with Crippen LogP contribution in [-0.4, -0.2) is 39.9 Å². The number of anilines is 1. The number of hydrogen-bond donors (Lipinski definition) is 2. The van der Waals surface area contributed by atoms with E-state index in [1.54, 1.807) is 6.20 Å². The average Bonchev–Trinajstić information content (AvgIpc) is 3.24. The van der Waals surface area contributed by atoms with Crippen molar-refractivity contribution < 1.29 is 9.53 Å². The zero-order valence-corrected chi connectivity index (χ0v) is 19.4. The summed E-state index contributed by atoms with van der Waals surface area (Å²) >= 11 is 0. The fourth-order valence-corrected chi connectivity index (χ4v) is 4.42. The summed E-state index contributed by atoms with van der Waals surface area (Å²) in [5.41, 5.74) is 5.77. The number of nitrogens with zero attached hydrogens (tertiary/aromatic N) is 3. The fraction of sp³-hybridized carbons (Fsp3) is 0.480. The van der Waals surface area contributed by atoms with Crippen LogP contribution in [0, 0.1) is 13.8 Å². The van der Waals surface area contributed by atoms with Crippen LogP contribution in [0.3, 0.4) is 0 Å². The quantitative estimate of drug-likeness (QED) is 0.569. The summed E-state index contributed by atoms with van der Waals surface area (Å²) in [6.07, 6.45) is 6.12. The van der Waals surface area contributed by atoms with Gasteiger partial charge in [-0.25, -0.2) is 9.67 Å². The predicted molar refractivity (Wildman–Crippen MR) is 127 cm³/mol. The Bertz CT molecular complexity index is 1100. The molecule has 1 aliphatic heterocycles. The molecule has 0 bridgehead atoms. The summed E-state index contributed by atoms with van der Waals surface area (Å²) in [5, 5.41) is 12.2. The van der Waals surface area contributed by atoms with Crippen molar-refractivity contribution in [3.8, 4) is 0 Å². The second-order valence-corrected chi connectivity index (χ2v) is 8.50. The van der Waals surface area contributed by atoms with Crippen LogP contribution in [0.4, 0.5) is 5.69 Å². The third-order valence-corrected chi connectivity index (χ3v) is 6.52. The van der Waals surface area contributed by atoms with Gasteiger partial charge in [0.25, 0.3) is 5.91 Å². The van der Waals surface area contributed by atoms with Gasteiger partial charge in [0, 0.05) is 32.0 Å². The first-order valence-electron chi connectivity index (χ1n) is 11.6. The minimum absolute atomic E-state index is 0.0626. The first-order valence-corrected chi connectivity index (χ1v) is 11.6. The molecule has 1 aromatic carbocycles. The van der Waals surface area contributed by atoms with Gasteiger partial charge in [0.15, 0.2) is 5.65 Å². The Morgan fingerprint density at radius 2 is 2.00 bits per heavy atom. The van der Waals surface area contributed by atoms with Gasteiger partial charge in [-0.3, -0.25) is 4.79 Å². The van der Waals surface area contributed by atoms with Crippen LogP contribution in [0.2, 0.25) is 0 Å². The van der Waals surface area contributed by atoms with Crippen LogP contribution < -0.4 is 10.6 Å². The zero-order chi connectivity index (χ0) is 22.7. The van der Waals surface area contributed by atoms with Crippen molar-refractivity contribution in [2.24, 2.45) is 0 Å². The first kappa shape index (κ1) is 22.3. The van der Waals surface area contributed by atoms with Crippen LogP contribution in [0.5, 0.6) is 0 Å². The van der Waals surface area contributed by atoms with Gasteiger partial charge < -0.3 is 15.4 Å². The van der Waals surface area contributed by atoms with E-state index >= 15 is 0 Å². The minimum Gasteiger partial charge on any atom is -0.381 e. The Labute approximate surface area is 189 Å². The van der Waals surface area contributed by atoms with E-state index in [0.29, 0.717) is 5.56 Å². The highest BCUT2D eigenvalue weighted by molar-refractivity contribution is 6.06. The van der Waals surface area contributed by atoms with E-state index in [1.165, 1.54) is 11.1 Å². The maximum Gasteiger partial charge on any atom is 0.255 e. The fourth-order valence-electron chi connectivity index (χ4n) is 4.42. The number of fused-ring (bicyclic) bond motifs is 1. The van der Waals surface area contributed by atoms with Crippen molar-refractivity contribution in [3.05, 3.63) is 52.8 Å². The van der Waals surface area contributed by atoms with Gasteiger partial charge in [-0.2, -0.15) is 5.10 Å². The van der Waals surface area contributed by atoms with Crippen molar-refractivity contribution >= 4 is 22.6 Å². The van der Waals surface area contributed by atoms with Crippen LogP contribution in [0.25, 0.3) is 11.0 Å². The molecular weight excluding hydrogens is 402 g/mol. The highest BCUT2D eigenvalue weighted by Gasteiger charge is 2.24. The molecule has 1 saturated heterocycles. The Hall–Kier alpha value is -2.93. The monoisotopic (exact) mass is 435 g/mol. The van der Waals surface area contributed by atoms with Crippen molar-refractivity contribution in [2.75, 3.05) is 18.5 Å². The van der Waals surface area contributed by atoms with Crippen molar-refractivity contribution in [1.29, 1.82) is 0 Å². The average molecular weight is 436 g/mol. The molecule has 0 radical (unpaired) electrons. The number of benzene rings is 1. The normalized spacial score (nSPS) is 15.6. The van der Waals surface area contributed by atoms with Gasteiger partial charge in [0.1, 0.15) is 0 Å². The highest BCUT2D eigenvalue weighted by atomic mass is 16.5. The number of nitrogens with one attached hydrogen (secondary N) is 2. The van der Waals surface area contributed by atoms with Crippen LogP contribution in [0.15, 0.2) is 30.6 Å². The molecule has 2 aromatic heterocycles. The molecular formula is C25H33N5O2. The van der Waals surface area contributed by atoms with E-state index in [4.69, 9.17) is 4.74 Å². The lowest BCUT2D eigenvalue weighted by molar-refractivity contribution is 0.0903. The summed E-state index contributed by atoms with van der Waals surface area (Å²) < 4.78 is 7.37. The summed E-state index contributed by atoms with van der Waals surface area (Å²) in [6.45, 7) is 10.5. The SMILES string of the molecule is CCC(NC(=O)c1cnc2c(cnn2CC)c1NC1CCOCC1)c1cccc(C)c1C. The first-order chi connectivity index (χ1) is 15.5. The van der Waals surface area contributed by atoms with E-state index in [-0.39, 0.29) is 18.0 Å². The van der Waals surface area contributed by atoms with E-state index in [0.717, 1.165) is 61.3 Å². The summed E-state index contributed by atoms with van der Waals surface area (Å²) in [7, 11) is 0. The Morgan fingerprint density at radius 3 is 2.72 bits per heavy atom. The molecule has 1 unspecified atom stereocenters. The second-order valence-electron chi connectivity index (χ2n) is 8.50. The number of carbonyl (C=O) groups is 1. The summed E-state index contributed by atoms with van der Waals surface area (Å²) in [6, 6.07) is 6.45. The van der Waals surface area contributed by atoms with Crippen molar-refractivity contribution in [3.63, 3.8) is 0 Å². The van der Waals surface area contributed by atoms with E-state index < -0.39 is 0 Å². The summed E-state index contributed by atoms with van der Waals surface area (Å²) in [5.74, 6) is -0.119. The Kier molecular flexibility index (Phi) is 6.74. The molecule has 170 valence electrons. The number of rotatable bonds is 7. The molecule has 1 aliphatic rings. The Morgan fingerprint density at radius 1 is 1.22 bits per heavy atom. The van der Waals surface area contributed by atoms with E-state index in [9.17, 15) is 4.79 Å². The Balaban J connectivity index is 1.69. The molecule has 2 N–H and O–H groups in total. The molecule has 0 saturated carbocycles. The number of hydrogen-bond acceptors (Lipinski definition) is 5. The molecule has 4 rings (SSSR count). The number of carbonyl (C=O) groups excluding carboxylic acids is 1. The zero-order valence-electron chi connectivity index (χ0n) is 19.4. The number of amides is 1. The van der Waals surface area contributed by atoms with Crippen LogP contribution in [-0.2, 0) is 11.3 Å². The second kappa shape index (κ2) is 9.69. The van der Waals surface area contributed by atoms with Gasteiger partial charge >= 0.3 is 0 Å². The maximum absolute atomic E-state index is 13.5. The summed E-state index contributed by atoms with van der Waals surface area (Å²) in [4.78, 5) is 18.1. The standard InChI is InChI=1S/C25H33N5O2/c1-5-22(19-9-7-8-16(3)17(19)4)29-25(31)21-14-26-24-20(15-27-30(24)6-2)23(21)28-18-10-12-32-13-11-18/h7-9,14-15,18,22H,5-6,10-13H2,1-4H3,(H,26,28)(H,29,31). The van der Waals surface area contributed by atoms with E-state index in [2.05, 4.69) is 59.7 Å². The number of ether oxygens (including phenoxy) is 1. The van der Waals surface area contributed by atoms with Crippen LogP contribution >= 0.6 is 0 Å². The van der Waals surface area contributed by atoms with Gasteiger partial charge in [-0.15, -0.1) is 0 Å². The van der Waals surface area contributed by atoms with Crippen molar-refractivity contribution in [1.82, 2.24) is 20.1 Å². The molecule has 7 heteroatoms. The third-order valence-electron chi connectivity index (χ3n) is 6.52.